The summed E-state index contributed by atoms with van der Waals surface area (Å²) in [5.74, 6) is -2.26. The van der Waals surface area contributed by atoms with Gasteiger partial charge in [0.25, 0.3) is 0 Å². The van der Waals surface area contributed by atoms with Gasteiger partial charge < -0.3 is 33.3 Å². The molecule has 0 aliphatic rings. The predicted molar refractivity (Wildman–Crippen MR) is 228 cm³/mol. The van der Waals surface area contributed by atoms with Gasteiger partial charge in [-0.1, -0.05) is 200 Å². The number of hydrogen-bond donors (Lipinski definition) is 0. The molecule has 0 fully saturated rings. The Morgan fingerprint density at radius 2 is 0.804 bits per heavy atom. The monoisotopic (exact) mass is 798 g/mol. The summed E-state index contributed by atoms with van der Waals surface area (Å²) in [5, 5.41) is 11.7. The van der Waals surface area contributed by atoms with Crippen molar-refractivity contribution in [3.63, 3.8) is 0 Å². The standard InChI is InChI=1S/C47H91NO8/c1-6-8-10-12-14-16-18-20-21-22-23-24-26-28-30-32-34-36-38-45(50)56-43(42-55-47(46(51)52)53-40-39-48(3,4)5)41-54-44(49)37-35-33-31-29-27-25-19-17-15-13-11-9-7-2/h43,47H,6-42H2,1-5H3. The van der Waals surface area contributed by atoms with Gasteiger partial charge in [-0.3, -0.25) is 9.59 Å². The molecule has 56 heavy (non-hydrogen) atoms. The zero-order valence-corrected chi connectivity index (χ0v) is 37.5. The van der Waals surface area contributed by atoms with E-state index >= 15 is 0 Å². The first-order chi connectivity index (χ1) is 27.1. The number of ether oxygens (including phenoxy) is 4. The number of unbranched alkanes of at least 4 members (excludes halogenated alkanes) is 29. The number of esters is 2. The highest BCUT2D eigenvalue weighted by atomic mass is 16.7. The van der Waals surface area contributed by atoms with Crippen LogP contribution in [0.2, 0.25) is 0 Å². The summed E-state index contributed by atoms with van der Waals surface area (Å²) in [4.78, 5) is 37.0. The zero-order valence-electron chi connectivity index (χ0n) is 37.5. The van der Waals surface area contributed by atoms with E-state index in [-0.39, 0.29) is 32.2 Å². The number of carboxylic acid groups (broad SMARTS) is 1. The van der Waals surface area contributed by atoms with Crippen LogP contribution in [0.15, 0.2) is 0 Å². The highest BCUT2D eigenvalue weighted by Crippen LogP contribution is 2.16. The van der Waals surface area contributed by atoms with Gasteiger partial charge in [0.2, 0.25) is 0 Å². The van der Waals surface area contributed by atoms with E-state index in [1.807, 2.05) is 21.1 Å². The van der Waals surface area contributed by atoms with Crippen molar-refractivity contribution < 1.29 is 42.9 Å². The van der Waals surface area contributed by atoms with Gasteiger partial charge in [0.1, 0.15) is 13.2 Å². The van der Waals surface area contributed by atoms with Crippen molar-refractivity contribution in [3.05, 3.63) is 0 Å². The molecule has 0 aliphatic heterocycles. The Morgan fingerprint density at radius 1 is 0.464 bits per heavy atom. The van der Waals surface area contributed by atoms with E-state index in [0.717, 1.165) is 38.5 Å². The summed E-state index contributed by atoms with van der Waals surface area (Å²) < 4.78 is 22.6. The van der Waals surface area contributed by atoms with Crippen LogP contribution in [0.3, 0.4) is 0 Å². The fourth-order valence-corrected chi connectivity index (χ4v) is 6.89. The van der Waals surface area contributed by atoms with E-state index in [9.17, 15) is 19.5 Å². The molecular weight excluding hydrogens is 707 g/mol. The van der Waals surface area contributed by atoms with Crippen molar-refractivity contribution in [1.82, 2.24) is 0 Å². The van der Waals surface area contributed by atoms with Gasteiger partial charge in [-0.2, -0.15) is 0 Å². The minimum absolute atomic E-state index is 0.153. The smallest absolute Gasteiger partial charge is 0.306 e. The molecule has 0 spiro atoms. The molecule has 0 heterocycles. The van der Waals surface area contributed by atoms with E-state index in [1.165, 1.54) is 161 Å². The van der Waals surface area contributed by atoms with Crippen LogP contribution in [0.25, 0.3) is 0 Å². The van der Waals surface area contributed by atoms with Gasteiger partial charge in [0, 0.05) is 12.8 Å². The number of likely N-dealkylation sites (N-methyl/N-ethyl adjacent to an activating group) is 1. The van der Waals surface area contributed by atoms with Gasteiger partial charge in [0.15, 0.2) is 12.4 Å². The van der Waals surface area contributed by atoms with E-state index < -0.39 is 24.3 Å². The highest BCUT2D eigenvalue weighted by molar-refractivity contribution is 5.70. The highest BCUT2D eigenvalue weighted by Gasteiger charge is 2.21. The number of quaternary nitrogens is 1. The molecule has 0 aromatic heterocycles. The first-order valence-electron chi connectivity index (χ1n) is 23.7. The Balaban J connectivity index is 4.35. The summed E-state index contributed by atoms with van der Waals surface area (Å²) in [7, 11) is 5.92. The Morgan fingerprint density at radius 3 is 1.14 bits per heavy atom. The van der Waals surface area contributed by atoms with E-state index in [2.05, 4.69) is 13.8 Å². The van der Waals surface area contributed by atoms with Crippen molar-refractivity contribution in [2.75, 3.05) is 47.5 Å². The fourth-order valence-electron chi connectivity index (χ4n) is 6.89. The van der Waals surface area contributed by atoms with Crippen molar-refractivity contribution in [2.45, 2.75) is 238 Å². The Bertz CT molecular complexity index is 892. The normalized spacial score (nSPS) is 12.8. The topological polar surface area (TPSA) is 111 Å². The number of aliphatic carboxylic acids is 1. The Labute approximate surface area is 345 Å². The van der Waals surface area contributed by atoms with Gasteiger partial charge >= 0.3 is 11.9 Å². The molecule has 2 unspecified atom stereocenters. The quantitative estimate of drug-likeness (QED) is 0.0259. The molecular formula is C47H91NO8. The van der Waals surface area contributed by atoms with Crippen LogP contribution in [-0.2, 0) is 33.3 Å². The molecule has 0 radical (unpaired) electrons. The third kappa shape index (κ3) is 40.5. The summed E-state index contributed by atoms with van der Waals surface area (Å²) in [6.07, 6.45) is 37.0. The Hall–Kier alpha value is -1.71. The maximum atomic E-state index is 12.8. The molecule has 0 aliphatic carbocycles. The van der Waals surface area contributed by atoms with Crippen molar-refractivity contribution >= 4 is 17.9 Å². The second-order valence-corrected chi connectivity index (χ2v) is 17.4. The molecule has 0 rings (SSSR count). The lowest BCUT2D eigenvalue weighted by atomic mass is 10.0. The summed E-state index contributed by atoms with van der Waals surface area (Å²) in [6, 6.07) is 0. The molecule has 332 valence electrons. The lowest BCUT2D eigenvalue weighted by molar-refractivity contribution is -0.870. The number of hydrogen-bond acceptors (Lipinski definition) is 8. The summed E-state index contributed by atoms with van der Waals surface area (Å²) in [5.41, 5.74) is 0. The van der Waals surface area contributed by atoms with Crippen LogP contribution in [0.4, 0.5) is 0 Å². The number of carboxylic acids is 1. The molecule has 9 heteroatoms. The van der Waals surface area contributed by atoms with Gasteiger partial charge in [-0.15, -0.1) is 0 Å². The zero-order chi connectivity index (χ0) is 41.4. The van der Waals surface area contributed by atoms with Crippen LogP contribution in [0.1, 0.15) is 226 Å². The van der Waals surface area contributed by atoms with Crippen LogP contribution >= 0.6 is 0 Å². The molecule has 0 aromatic carbocycles. The number of nitrogens with zero attached hydrogens (tertiary/aromatic N) is 1. The summed E-state index contributed by atoms with van der Waals surface area (Å²) >= 11 is 0. The van der Waals surface area contributed by atoms with Crippen molar-refractivity contribution in [1.29, 1.82) is 0 Å². The Kier molecular flexibility index (Phi) is 38.9. The average Bonchev–Trinajstić information content (AvgIpc) is 3.15. The third-order valence-electron chi connectivity index (χ3n) is 10.6. The lowest BCUT2D eigenvalue weighted by Gasteiger charge is -2.26. The van der Waals surface area contributed by atoms with Gasteiger partial charge in [-0.25, -0.2) is 0 Å². The van der Waals surface area contributed by atoms with E-state index in [0.29, 0.717) is 17.4 Å². The minimum Gasteiger partial charge on any atom is -0.545 e. The third-order valence-corrected chi connectivity index (χ3v) is 10.6. The average molecular weight is 798 g/mol. The van der Waals surface area contributed by atoms with Crippen molar-refractivity contribution in [3.8, 4) is 0 Å². The first kappa shape index (κ1) is 54.3. The largest absolute Gasteiger partial charge is 0.545 e. The van der Waals surface area contributed by atoms with Gasteiger partial charge in [-0.05, 0) is 12.8 Å². The molecule has 0 saturated heterocycles. The number of carbonyl (C=O) groups is 3. The van der Waals surface area contributed by atoms with E-state index in [4.69, 9.17) is 18.9 Å². The van der Waals surface area contributed by atoms with Crippen LogP contribution in [-0.4, -0.2) is 82.3 Å². The van der Waals surface area contributed by atoms with Crippen LogP contribution < -0.4 is 5.11 Å². The second kappa shape index (κ2) is 40.1. The molecule has 9 nitrogen and oxygen atoms in total. The van der Waals surface area contributed by atoms with E-state index in [1.54, 1.807) is 0 Å². The molecule has 0 aromatic rings. The maximum Gasteiger partial charge on any atom is 0.306 e. The number of carbonyl (C=O) groups excluding carboxylic acids is 3. The van der Waals surface area contributed by atoms with Crippen molar-refractivity contribution in [2.24, 2.45) is 0 Å². The van der Waals surface area contributed by atoms with Crippen LogP contribution in [0, 0.1) is 0 Å². The van der Waals surface area contributed by atoms with Gasteiger partial charge in [0.05, 0.1) is 40.3 Å². The molecule has 0 N–H and O–H groups in total. The second-order valence-electron chi connectivity index (χ2n) is 17.4. The first-order valence-corrected chi connectivity index (χ1v) is 23.7. The maximum absolute atomic E-state index is 12.8. The summed E-state index contributed by atoms with van der Waals surface area (Å²) in [6.45, 7) is 4.78. The predicted octanol–water partition coefficient (Wildman–Crippen LogP) is 11.2. The molecule has 0 bridgehead atoms. The lowest BCUT2D eigenvalue weighted by Crippen LogP contribution is -2.44. The molecule has 0 saturated carbocycles. The molecule has 0 amide bonds. The molecule has 2 atom stereocenters. The minimum atomic E-state index is -1.61. The van der Waals surface area contributed by atoms with Crippen LogP contribution in [0.5, 0.6) is 0 Å². The fraction of sp³-hybridized carbons (Fsp3) is 0.936. The SMILES string of the molecule is CCCCCCCCCCCCCCCCCCCCC(=O)OC(COC(=O)CCCCCCCCCCCCCCC)COC(OCC[N+](C)(C)C)C(=O)[O-]. The number of rotatable bonds is 44.